The van der Waals surface area contributed by atoms with Crippen LogP contribution in [0.4, 0.5) is 0 Å². The minimum absolute atomic E-state index is 0.276. The van der Waals surface area contributed by atoms with Crippen molar-refractivity contribution in [3.8, 4) is 5.75 Å². The average molecular weight is 429 g/mol. The molecule has 0 aliphatic carbocycles. The first-order valence-corrected chi connectivity index (χ1v) is 10.5. The van der Waals surface area contributed by atoms with Crippen molar-refractivity contribution in [2.45, 2.75) is 25.9 Å². The maximum Gasteiger partial charge on any atom is 0.304 e. The Morgan fingerprint density at radius 2 is 1.59 bits per heavy atom. The van der Waals surface area contributed by atoms with Gasteiger partial charge < -0.3 is 10.1 Å². The van der Waals surface area contributed by atoms with E-state index in [1.807, 2.05) is 80.7 Å². The monoisotopic (exact) mass is 428 g/mol. The lowest BCUT2D eigenvalue weighted by Gasteiger charge is -2.15. The van der Waals surface area contributed by atoms with Crippen molar-refractivity contribution in [1.29, 1.82) is 0 Å². The highest BCUT2D eigenvalue weighted by atomic mass is 16.5. The predicted molar refractivity (Wildman–Crippen MR) is 123 cm³/mol. The second-order valence-electron chi connectivity index (χ2n) is 7.93. The molecule has 2 atom stereocenters. The molecule has 2 amide bonds. The second kappa shape index (κ2) is 9.06. The molecule has 1 aliphatic heterocycles. The molecule has 0 bridgehead atoms. The molecule has 0 radical (unpaired) electrons. The van der Waals surface area contributed by atoms with Crippen molar-refractivity contribution in [3.05, 3.63) is 101 Å². The van der Waals surface area contributed by atoms with Gasteiger partial charge in [-0.1, -0.05) is 59.7 Å². The minimum Gasteiger partial charge on any atom is -0.496 e. The zero-order valence-corrected chi connectivity index (χ0v) is 18.3. The molecule has 32 heavy (non-hydrogen) atoms. The summed E-state index contributed by atoms with van der Waals surface area (Å²) >= 11 is 0. The topological polar surface area (TPSA) is 70.4 Å². The molecule has 0 saturated carbocycles. The number of nitrogens with one attached hydrogen (secondary N) is 2. The van der Waals surface area contributed by atoms with Crippen LogP contribution in [0.15, 0.2) is 72.8 Å². The van der Waals surface area contributed by atoms with E-state index in [1.54, 1.807) is 23.9 Å². The van der Waals surface area contributed by atoms with Crippen molar-refractivity contribution >= 4 is 18.0 Å². The van der Waals surface area contributed by atoms with Crippen LogP contribution in [0.2, 0.25) is 0 Å². The summed E-state index contributed by atoms with van der Waals surface area (Å²) in [7, 11) is 1.61. The highest BCUT2D eigenvalue weighted by Crippen LogP contribution is 2.27. The molecule has 0 aromatic heterocycles. The number of hydrogen-bond donors (Lipinski definition) is 2. The zero-order valence-electron chi connectivity index (χ0n) is 18.3. The molecule has 3 aromatic rings. The smallest absolute Gasteiger partial charge is 0.304 e. The third kappa shape index (κ3) is 4.39. The lowest BCUT2D eigenvalue weighted by atomic mass is 9.98. The summed E-state index contributed by atoms with van der Waals surface area (Å²) in [5.41, 5.74) is 7.32. The Morgan fingerprint density at radius 1 is 0.969 bits per heavy atom. The summed E-state index contributed by atoms with van der Waals surface area (Å²) in [4.78, 5) is 25.9. The van der Waals surface area contributed by atoms with Gasteiger partial charge in [-0.2, -0.15) is 0 Å². The molecule has 4 rings (SSSR count). The molecule has 162 valence electrons. The number of ether oxygens (including phenoxy) is 1. The molecule has 3 aromatic carbocycles. The Labute approximate surface area is 187 Å². The Morgan fingerprint density at radius 3 is 2.25 bits per heavy atom. The quantitative estimate of drug-likeness (QED) is 0.613. The van der Waals surface area contributed by atoms with Gasteiger partial charge in [0.1, 0.15) is 5.75 Å². The molecule has 6 nitrogen and oxygen atoms in total. The van der Waals surface area contributed by atoms with Gasteiger partial charge in [-0.05, 0) is 38.1 Å². The van der Waals surface area contributed by atoms with Crippen LogP contribution < -0.4 is 15.5 Å². The van der Waals surface area contributed by atoms with Gasteiger partial charge in [-0.3, -0.25) is 9.59 Å². The number of methoxy groups -OCH3 is 1. The Kier molecular flexibility index (Phi) is 6.03. The van der Waals surface area contributed by atoms with Crippen LogP contribution in [0.5, 0.6) is 5.75 Å². The number of para-hydroxylation sites is 1. The van der Waals surface area contributed by atoms with E-state index < -0.39 is 12.1 Å². The highest BCUT2D eigenvalue weighted by Gasteiger charge is 2.47. The number of amides is 2. The highest BCUT2D eigenvalue weighted by molar-refractivity contribution is 5.98. The first-order valence-electron chi connectivity index (χ1n) is 10.5. The van der Waals surface area contributed by atoms with Gasteiger partial charge in [0.05, 0.1) is 12.7 Å². The number of hydrazine groups is 1. The van der Waals surface area contributed by atoms with E-state index in [4.69, 9.17) is 4.74 Å². The first-order chi connectivity index (χ1) is 15.5. The van der Waals surface area contributed by atoms with Crippen molar-refractivity contribution in [1.82, 2.24) is 10.7 Å². The van der Waals surface area contributed by atoms with Gasteiger partial charge in [0, 0.05) is 11.1 Å². The molecular weight excluding hydrogens is 402 g/mol. The fourth-order valence-electron chi connectivity index (χ4n) is 3.80. The normalized spacial score (nSPS) is 19.0. The van der Waals surface area contributed by atoms with Gasteiger partial charge >= 0.3 is 5.91 Å². The Bertz CT molecular complexity index is 1170. The fraction of sp³-hybridized carbons (Fsp3) is 0.192. The van der Waals surface area contributed by atoms with Gasteiger partial charge in [0.25, 0.3) is 5.91 Å². The number of aryl methyl sites for hydroxylation is 2. The summed E-state index contributed by atoms with van der Waals surface area (Å²) < 4.78 is 7.20. The van der Waals surface area contributed by atoms with Gasteiger partial charge in [-0.15, -0.1) is 10.1 Å². The lowest BCUT2D eigenvalue weighted by Crippen LogP contribution is -2.42. The van der Waals surface area contributed by atoms with Crippen molar-refractivity contribution in [2.24, 2.45) is 0 Å². The van der Waals surface area contributed by atoms with Crippen molar-refractivity contribution in [3.63, 3.8) is 0 Å². The summed E-state index contributed by atoms with van der Waals surface area (Å²) in [5.74, 6) is 0.125. The predicted octanol–water partition coefficient (Wildman–Crippen LogP) is 3.33. The average Bonchev–Trinajstić information content (AvgIpc) is 3.09. The Balaban J connectivity index is 1.72. The first kappa shape index (κ1) is 21.3. The van der Waals surface area contributed by atoms with E-state index in [-0.39, 0.29) is 11.8 Å². The number of benzene rings is 3. The van der Waals surface area contributed by atoms with Crippen LogP contribution in [0.3, 0.4) is 0 Å². The number of carbonyl (C=O) groups excluding carboxylic acids is 2. The van der Waals surface area contributed by atoms with E-state index in [1.165, 1.54) is 0 Å². The summed E-state index contributed by atoms with van der Waals surface area (Å²) in [6.45, 7) is 3.97. The van der Waals surface area contributed by atoms with Crippen LogP contribution in [0.1, 0.15) is 38.7 Å². The third-order valence-corrected chi connectivity index (χ3v) is 5.57. The number of carbonyl (C=O) groups is 2. The van der Waals surface area contributed by atoms with E-state index in [0.29, 0.717) is 11.3 Å². The molecule has 1 fully saturated rings. The van der Waals surface area contributed by atoms with Gasteiger partial charge in [0.2, 0.25) is 12.3 Å². The van der Waals surface area contributed by atoms with Crippen LogP contribution >= 0.6 is 0 Å². The standard InChI is InChI=1S/C26H25N3O3/c1-17-8-12-19(13-9-17)24-23(27-25(30)20-14-10-18(2)11-15-20)26(31)28-29(24)16-21-6-4-5-7-22(21)32-3/h4-16,23-24H,1-3H3,(H-,27,28,30,31)/p+1/b29-16-/t23-,24+/m0/s1. The van der Waals surface area contributed by atoms with E-state index in [0.717, 1.165) is 22.3 Å². The van der Waals surface area contributed by atoms with Crippen molar-refractivity contribution in [2.75, 3.05) is 7.11 Å². The molecule has 6 heteroatoms. The van der Waals surface area contributed by atoms with E-state index >= 15 is 0 Å². The summed E-state index contributed by atoms with van der Waals surface area (Å²) in [5, 5.41) is 2.93. The molecule has 0 spiro atoms. The van der Waals surface area contributed by atoms with E-state index in [9.17, 15) is 9.59 Å². The number of nitrogens with zero attached hydrogens (tertiary/aromatic N) is 1. The summed E-state index contributed by atoms with van der Waals surface area (Å²) in [6.07, 6.45) is 1.83. The van der Waals surface area contributed by atoms with Gasteiger partial charge in [0.15, 0.2) is 6.04 Å². The molecule has 0 unspecified atom stereocenters. The SMILES string of the molecule is COc1ccccc1/C=[N+]1\NC(=O)[C@@H](NC(=O)c2ccc(C)cc2)[C@H]1c1ccc(C)cc1. The summed E-state index contributed by atoms with van der Waals surface area (Å²) in [6, 6.07) is 21.6. The maximum atomic E-state index is 13.0. The molecular formula is C26H26N3O3+. The van der Waals surface area contributed by atoms with Crippen LogP contribution in [0.25, 0.3) is 0 Å². The molecule has 1 heterocycles. The van der Waals surface area contributed by atoms with Crippen LogP contribution in [-0.2, 0) is 4.79 Å². The zero-order chi connectivity index (χ0) is 22.7. The molecule has 1 saturated heterocycles. The number of hydrogen-bond acceptors (Lipinski definition) is 3. The molecule has 2 N–H and O–H groups in total. The minimum atomic E-state index is -0.766. The van der Waals surface area contributed by atoms with Crippen LogP contribution in [0, 0.1) is 13.8 Å². The second-order valence-corrected chi connectivity index (χ2v) is 7.93. The third-order valence-electron chi connectivity index (χ3n) is 5.57. The largest absolute Gasteiger partial charge is 0.496 e. The van der Waals surface area contributed by atoms with Crippen LogP contribution in [-0.4, -0.2) is 35.9 Å². The van der Waals surface area contributed by atoms with Crippen molar-refractivity contribution < 1.29 is 19.0 Å². The number of rotatable bonds is 5. The van der Waals surface area contributed by atoms with Gasteiger partial charge in [-0.25, -0.2) is 0 Å². The lowest BCUT2D eigenvalue weighted by molar-refractivity contribution is -0.596. The number of hydrazone groups is 1. The molecule has 1 aliphatic rings. The Hall–Kier alpha value is -3.93. The fourth-order valence-corrected chi connectivity index (χ4v) is 3.80. The maximum absolute atomic E-state index is 13.0. The van der Waals surface area contributed by atoms with E-state index in [2.05, 4.69) is 10.7 Å².